The summed E-state index contributed by atoms with van der Waals surface area (Å²) in [5.74, 6) is 1.57. The van der Waals surface area contributed by atoms with Crippen LogP contribution >= 0.6 is 0 Å². The molecule has 0 unspecified atom stereocenters. The number of nitrogens with zero attached hydrogens (tertiary/aromatic N) is 4. The number of piperidine rings is 1. The van der Waals surface area contributed by atoms with Crippen molar-refractivity contribution in [1.29, 1.82) is 0 Å². The lowest BCUT2D eigenvalue weighted by atomic mass is 9.78. The zero-order chi connectivity index (χ0) is 17.3. The van der Waals surface area contributed by atoms with Gasteiger partial charge in [-0.15, -0.1) is 0 Å². The lowest BCUT2D eigenvalue weighted by Crippen LogP contribution is -2.50. The van der Waals surface area contributed by atoms with Crippen molar-refractivity contribution < 1.29 is 9.90 Å². The predicted octanol–water partition coefficient (Wildman–Crippen LogP) is 1.95. The number of carbonyl (C=O) groups excluding carboxylic acids is 1. The molecule has 1 N–H and O–H groups in total. The molecule has 0 radical (unpaired) electrons. The molecule has 1 aliphatic carbocycles. The molecule has 2 aliphatic heterocycles. The maximum Gasteiger partial charge on any atom is 0.230 e. The van der Waals surface area contributed by atoms with Gasteiger partial charge in [0.25, 0.3) is 0 Å². The van der Waals surface area contributed by atoms with Crippen LogP contribution in [0.1, 0.15) is 56.6 Å². The maximum atomic E-state index is 12.9. The van der Waals surface area contributed by atoms with Crippen molar-refractivity contribution in [3.8, 4) is 0 Å². The van der Waals surface area contributed by atoms with Gasteiger partial charge in [-0.3, -0.25) is 4.79 Å². The summed E-state index contributed by atoms with van der Waals surface area (Å²) >= 11 is 0. The third-order valence-electron chi connectivity index (χ3n) is 6.27. The fraction of sp³-hybridized carbons (Fsp3) is 0.737. The smallest absolute Gasteiger partial charge is 0.230 e. The van der Waals surface area contributed by atoms with Gasteiger partial charge in [-0.25, -0.2) is 9.97 Å². The first-order chi connectivity index (χ1) is 12.2. The van der Waals surface area contributed by atoms with Crippen LogP contribution in [0.15, 0.2) is 12.3 Å². The molecule has 3 heterocycles. The first-order valence-corrected chi connectivity index (χ1v) is 9.70. The highest BCUT2D eigenvalue weighted by atomic mass is 16.3. The number of aromatic nitrogens is 2. The average molecular weight is 344 g/mol. The van der Waals surface area contributed by atoms with Gasteiger partial charge >= 0.3 is 0 Å². The van der Waals surface area contributed by atoms with Crippen LogP contribution in [0.5, 0.6) is 0 Å². The largest absolute Gasteiger partial charge is 0.395 e. The number of carbonyl (C=O) groups is 1. The Morgan fingerprint density at radius 1 is 1.20 bits per heavy atom. The van der Waals surface area contributed by atoms with Gasteiger partial charge < -0.3 is 14.9 Å². The highest BCUT2D eigenvalue weighted by Crippen LogP contribution is 2.41. The maximum absolute atomic E-state index is 12.9. The Bertz CT molecular complexity index is 630. The fourth-order valence-corrected chi connectivity index (χ4v) is 4.87. The Kier molecular flexibility index (Phi) is 4.63. The second-order valence-electron chi connectivity index (χ2n) is 7.83. The van der Waals surface area contributed by atoms with E-state index in [0.717, 1.165) is 38.3 Å². The molecule has 1 atom stereocenters. The number of likely N-dealkylation sites (tertiary alicyclic amines) is 1. The number of aliphatic hydroxyl groups is 1. The third kappa shape index (κ3) is 3.12. The molecule has 25 heavy (non-hydrogen) atoms. The van der Waals surface area contributed by atoms with Gasteiger partial charge in [0.15, 0.2) is 0 Å². The van der Waals surface area contributed by atoms with Gasteiger partial charge in [0.1, 0.15) is 0 Å². The molecular formula is C19H28N4O2. The standard InChI is InChI=1S/C19H28N4O2/c24-13-12-22-10-3-7-19(17(22)25)8-11-23(14-19)18-20-9-6-16(21-18)15-4-1-2-5-15/h6,9,15,24H,1-5,7-8,10-14H2/t19-/m1/s1. The predicted molar refractivity (Wildman–Crippen MR) is 95.4 cm³/mol. The molecule has 1 amide bonds. The summed E-state index contributed by atoms with van der Waals surface area (Å²) in [5.41, 5.74) is 0.862. The van der Waals surface area contributed by atoms with Crippen LogP contribution in [0.3, 0.4) is 0 Å². The van der Waals surface area contributed by atoms with Crippen LogP contribution in [0.2, 0.25) is 0 Å². The van der Waals surface area contributed by atoms with Gasteiger partial charge in [0.05, 0.1) is 12.0 Å². The highest BCUT2D eigenvalue weighted by Gasteiger charge is 2.48. The van der Waals surface area contributed by atoms with E-state index >= 15 is 0 Å². The number of β-amino-alcohol motifs (C(OH)–C–C–N with tert-alkyl or cyclic N) is 1. The summed E-state index contributed by atoms with van der Waals surface area (Å²) in [6.07, 6.45) is 9.75. The molecule has 6 nitrogen and oxygen atoms in total. The van der Waals surface area contributed by atoms with E-state index in [0.29, 0.717) is 19.0 Å². The van der Waals surface area contributed by atoms with Crippen molar-refractivity contribution >= 4 is 11.9 Å². The number of aliphatic hydroxyl groups excluding tert-OH is 1. The van der Waals surface area contributed by atoms with E-state index in [2.05, 4.69) is 16.0 Å². The summed E-state index contributed by atoms with van der Waals surface area (Å²) in [6, 6.07) is 2.06. The Labute approximate surface area is 149 Å². The van der Waals surface area contributed by atoms with Gasteiger partial charge in [-0.05, 0) is 38.2 Å². The first kappa shape index (κ1) is 16.8. The van der Waals surface area contributed by atoms with Crippen LogP contribution in [-0.4, -0.2) is 58.7 Å². The first-order valence-electron chi connectivity index (χ1n) is 9.70. The lowest BCUT2D eigenvalue weighted by Gasteiger charge is -2.39. The second-order valence-corrected chi connectivity index (χ2v) is 7.83. The molecule has 1 aromatic heterocycles. The summed E-state index contributed by atoms with van der Waals surface area (Å²) in [7, 11) is 0. The van der Waals surface area contributed by atoms with Crippen molar-refractivity contribution in [1.82, 2.24) is 14.9 Å². The molecule has 136 valence electrons. The molecule has 0 bridgehead atoms. The Balaban J connectivity index is 1.50. The van der Waals surface area contributed by atoms with Gasteiger partial charge in [0.2, 0.25) is 11.9 Å². The summed E-state index contributed by atoms with van der Waals surface area (Å²) in [6.45, 7) is 2.82. The summed E-state index contributed by atoms with van der Waals surface area (Å²) < 4.78 is 0. The number of amides is 1. The molecule has 4 rings (SSSR count). The summed E-state index contributed by atoms with van der Waals surface area (Å²) in [5, 5.41) is 9.21. The SMILES string of the molecule is O=C1N(CCO)CCC[C@]12CCN(c1nccc(C3CCCC3)n1)C2. The average Bonchev–Trinajstić information content (AvgIpc) is 3.31. The molecule has 1 aromatic rings. The highest BCUT2D eigenvalue weighted by molar-refractivity contribution is 5.85. The van der Waals surface area contributed by atoms with Crippen LogP contribution in [0.4, 0.5) is 5.95 Å². The molecule has 3 aliphatic rings. The van der Waals surface area contributed by atoms with Crippen LogP contribution in [-0.2, 0) is 4.79 Å². The van der Waals surface area contributed by atoms with E-state index in [1.165, 1.54) is 31.4 Å². The fourth-order valence-electron chi connectivity index (χ4n) is 4.87. The van der Waals surface area contributed by atoms with Crippen molar-refractivity contribution in [2.75, 3.05) is 37.7 Å². The Hall–Kier alpha value is -1.69. The van der Waals surface area contributed by atoms with Gasteiger partial charge in [-0.1, -0.05) is 12.8 Å². The quantitative estimate of drug-likeness (QED) is 0.904. The normalized spacial score (nSPS) is 27.6. The molecule has 1 saturated carbocycles. The van der Waals surface area contributed by atoms with E-state index in [4.69, 9.17) is 4.98 Å². The number of anilines is 1. The minimum Gasteiger partial charge on any atom is -0.395 e. The molecule has 6 heteroatoms. The Morgan fingerprint density at radius 3 is 2.84 bits per heavy atom. The van der Waals surface area contributed by atoms with E-state index < -0.39 is 0 Å². The van der Waals surface area contributed by atoms with Gasteiger partial charge in [0, 0.05) is 44.0 Å². The molecule has 0 aromatic carbocycles. The number of hydrogen-bond donors (Lipinski definition) is 1. The monoisotopic (exact) mass is 344 g/mol. The second kappa shape index (κ2) is 6.90. The van der Waals surface area contributed by atoms with Crippen molar-refractivity contribution in [3.05, 3.63) is 18.0 Å². The van der Waals surface area contributed by atoms with Crippen LogP contribution in [0.25, 0.3) is 0 Å². The molecular weight excluding hydrogens is 316 g/mol. The van der Waals surface area contributed by atoms with Crippen molar-refractivity contribution in [2.24, 2.45) is 5.41 Å². The van der Waals surface area contributed by atoms with E-state index in [9.17, 15) is 9.90 Å². The lowest BCUT2D eigenvalue weighted by molar-refractivity contribution is -0.145. The number of hydrogen-bond acceptors (Lipinski definition) is 5. The minimum absolute atomic E-state index is 0.0398. The van der Waals surface area contributed by atoms with E-state index in [-0.39, 0.29) is 17.9 Å². The van der Waals surface area contributed by atoms with E-state index in [1.807, 2.05) is 11.1 Å². The van der Waals surface area contributed by atoms with E-state index in [1.54, 1.807) is 0 Å². The summed E-state index contributed by atoms with van der Waals surface area (Å²) in [4.78, 5) is 26.3. The van der Waals surface area contributed by atoms with Crippen LogP contribution in [0, 0.1) is 5.41 Å². The van der Waals surface area contributed by atoms with Crippen molar-refractivity contribution in [3.63, 3.8) is 0 Å². The number of rotatable bonds is 4. The third-order valence-corrected chi connectivity index (χ3v) is 6.27. The minimum atomic E-state index is -0.305. The Morgan fingerprint density at radius 2 is 2.04 bits per heavy atom. The van der Waals surface area contributed by atoms with Gasteiger partial charge in [-0.2, -0.15) is 0 Å². The molecule has 2 saturated heterocycles. The topological polar surface area (TPSA) is 69.6 Å². The molecule has 1 spiro atoms. The van der Waals surface area contributed by atoms with Crippen LogP contribution < -0.4 is 4.90 Å². The zero-order valence-electron chi connectivity index (χ0n) is 14.9. The molecule has 3 fully saturated rings. The zero-order valence-corrected chi connectivity index (χ0v) is 14.9. The van der Waals surface area contributed by atoms with Crippen molar-refractivity contribution in [2.45, 2.75) is 50.9 Å².